The molecule has 2 rings (SSSR count). The Labute approximate surface area is 107 Å². The number of anilines is 2. The van der Waals surface area contributed by atoms with Crippen molar-refractivity contribution in [1.82, 2.24) is 9.97 Å². The van der Waals surface area contributed by atoms with E-state index in [1.807, 2.05) is 49.9 Å². The number of hydrogen-bond donors (Lipinski definition) is 2. The second-order valence-corrected chi connectivity index (χ2v) is 4.07. The number of hydrogen-bond acceptors (Lipinski definition) is 5. The molecule has 0 aliphatic rings. The van der Waals surface area contributed by atoms with E-state index in [-0.39, 0.29) is 0 Å². The summed E-state index contributed by atoms with van der Waals surface area (Å²) < 4.78 is 0. The molecule has 0 aromatic carbocycles. The summed E-state index contributed by atoms with van der Waals surface area (Å²) in [7, 11) is 2.05. The van der Waals surface area contributed by atoms with Crippen LogP contribution < -0.4 is 16.2 Å². The topological polar surface area (TPSA) is 67.1 Å². The first-order valence-electron chi connectivity index (χ1n) is 5.82. The van der Waals surface area contributed by atoms with E-state index in [0.717, 1.165) is 18.7 Å². The molecule has 0 aliphatic heterocycles. The van der Waals surface area contributed by atoms with E-state index in [0.29, 0.717) is 5.82 Å². The van der Waals surface area contributed by atoms with E-state index in [9.17, 15) is 0 Å². The molecule has 0 saturated heterocycles. The van der Waals surface area contributed by atoms with Crippen molar-refractivity contribution in [2.24, 2.45) is 5.84 Å². The first kappa shape index (κ1) is 12.3. The third kappa shape index (κ3) is 3.18. The molecule has 0 fully saturated rings. The molecule has 0 spiro atoms. The zero-order chi connectivity index (χ0) is 12.8. The molecule has 0 bridgehead atoms. The van der Waals surface area contributed by atoms with Crippen LogP contribution in [-0.4, -0.2) is 23.6 Å². The van der Waals surface area contributed by atoms with Gasteiger partial charge >= 0.3 is 0 Å². The van der Waals surface area contributed by atoms with Gasteiger partial charge in [0.05, 0.1) is 11.9 Å². The number of rotatable bonds is 5. The standard InChI is InChI=1S/C13H17N5/c1-18(9-6-11-4-7-15-8-5-11)12-2-3-13(17-14)16-10-12/h2-5,7-8,10H,6,9,14H2,1H3,(H,16,17). The lowest BCUT2D eigenvalue weighted by molar-refractivity contribution is 0.872. The highest BCUT2D eigenvalue weighted by Gasteiger charge is 2.02. The molecule has 0 radical (unpaired) electrons. The van der Waals surface area contributed by atoms with Gasteiger partial charge in [0.2, 0.25) is 0 Å². The summed E-state index contributed by atoms with van der Waals surface area (Å²) in [6, 6.07) is 7.92. The predicted molar refractivity (Wildman–Crippen MR) is 73.3 cm³/mol. The van der Waals surface area contributed by atoms with Crippen LogP contribution in [0, 0.1) is 0 Å². The highest BCUT2D eigenvalue weighted by molar-refractivity contribution is 5.48. The first-order valence-corrected chi connectivity index (χ1v) is 5.82. The van der Waals surface area contributed by atoms with Gasteiger partial charge in [0.15, 0.2) is 0 Å². The van der Waals surface area contributed by atoms with Gasteiger partial charge in [-0.05, 0) is 36.2 Å². The van der Waals surface area contributed by atoms with Gasteiger partial charge in [-0.1, -0.05) is 0 Å². The Hall–Kier alpha value is -2.14. The molecule has 5 nitrogen and oxygen atoms in total. The lowest BCUT2D eigenvalue weighted by Crippen LogP contribution is -2.20. The third-order valence-electron chi connectivity index (χ3n) is 2.82. The van der Waals surface area contributed by atoms with Crippen molar-refractivity contribution in [3.63, 3.8) is 0 Å². The quantitative estimate of drug-likeness (QED) is 0.614. The Kier molecular flexibility index (Phi) is 4.09. The Morgan fingerprint density at radius 3 is 2.61 bits per heavy atom. The summed E-state index contributed by atoms with van der Waals surface area (Å²) in [5.41, 5.74) is 4.87. The van der Waals surface area contributed by atoms with Gasteiger partial charge in [-0.25, -0.2) is 10.8 Å². The average molecular weight is 243 g/mol. The zero-order valence-corrected chi connectivity index (χ0v) is 10.4. The van der Waals surface area contributed by atoms with Gasteiger partial charge in [0, 0.05) is 26.0 Å². The van der Waals surface area contributed by atoms with Crippen LogP contribution in [-0.2, 0) is 6.42 Å². The fraction of sp³-hybridized carbons (Fsp3) is 0.231. The number of nitrogen functional groups attached to an aromatic ring is 1. The number of likely N-dealkylation sites (N-methyl/N-ethyl adjacent to an activating group) is 1. The zero-order valence-electron chi connectivity index (χ0n) is 10.4. The first-order chi connectivity index (χ1) is 8.79. The molecule has 18 heavy (non-hydrogen) atoms. The lowest BCUT2D eigenvalue weighted by Gasteiger charge is -2.19. The van der Waals surface area contributed by atoms with Gasteiger partial charge in [-0.3, -0.25) is 4.98 Å². The molecule has 0 amide bonds. The summed E-state index contributed by atoms with van der Waals surface area (Å²) >= 11 is 0. The summed E-state index contributed by atoms with van der Waals surface area (Å²) in [4.78, 5) is 10.4. The molecule has 2 aromatic heterocycles. The summed E-state index contributed by atoms with van der Waals surface area (Å²) in [6.07, 6.45) is 6.43. The predicted octanol–water partition coefficient (Wildman–Crippen LogP) is 1.44. The monoisotopic (exact) mass is 243 g/mol. The average Bonchev–Trinajstić information content (AvgIpc) is 2.46. The highest BCUT2D eigenvalue weighted by Crippen LogP contribution is 2.13. The number of aromatic nitrogens is 2. The molecular formula is C13H17N5. The number of nitrogens with one attached hydrogen (secondary N) is 1. The second-order valence-electron chi connectivity index (χ2n) is 4.07. The number of hydrazine groups is 1. The van der Waals surface area contributed by atoms with Crippen molar-refractivity contribution in [2.75, 3.05) is 23.9 Å². The minimum absolute atomic E-state index is 0.668. The third-order valence-corrected chi connectivity index (χ3v) is 2.82. The van der Waals surface area contributed by atoms with Gasteiger partial charge in [-0.2, -0.15) is 0 Å². The van der Waals surface area contributed by atoms with E-state index in [2.05, 4.69) is 20.3 Å². The molecule has 2 heterocycles. The van der Waals surface area contributed by atoms with Crippen LogP contribution >= 0.6 is 0 Å². The fourth-order valence-corrected chi connectivity index (χ4v) is 1.67. The summed E-state index contributed by atoms with van der Waals surface area (Å²) in [5.74, 6) is 5.95. The van der Waals surface area contributed by atoms with Crippen LogP contribution in [0.25, 0.3) is 0 Å². The van der Waals surface area contributed by atoms with Crippen LogP contribution in [0.5, 0.6) is 0 Å². The summed E-state index contributed by atoms with van der Waals surface area (Å²) in [5, 5.41) is 0. The van der Waals surface area contributed by atoms with E-state index in [1.54, 1.807) is 0 Å². The van der Waals surface area contributed by atoms with Crippen LogP contribution in [0.3, 0.4) is 0 Å². The molecule has 94 valence electrons. The van der Waals surface area contributed by atoms with Crippen LogP contribution in [0.2, 0.25) is 0 Å². The smallest absolute Gasteiger partial charge is 0.140 e. The Bertz CT molecular complexity index is 469. The van der Waals surface area contributed by atoms with Crippen molar-refractivity contribution in [3.05, 3.63) is 48.4 Å². The highest BCUT2D eigenvalue weighted by atomic mass is 15.2. The van der Waals surface area contributed by atoms with Crippen molar-refractivity contribution in [3.8, 4) is 0 Å². The van der Waals surface area contributed by atoms with E-state index < -0.39 is 0 Å². The van der Waals surface area contributed by atoms with Gasteiger partial charge in [0.25, 0.3) is 0 Å². The van der Waals surface area contributed by atoms with E-state index in [4.69, 9.17) is 5.84 Å². The van der Waals surface area contributed by atoms with Crippen molar-refractivity contribution in [2.45, 2.75) is 6.42 Å². The molecule has 5 heteroatoms. The normalized spacial score (nSPS) is 10.1. The molecule has 2 aromatic rings. The summed E-state index contributed by atoms with van der Waals surface area (Å²) in [6.45, 7) is 0.932. The van der Waals surface area contributed by atoms with Crippen LogP contribution in [0.1, 0.15) is 5.56 Å². The van der Waals surface area contributed by atoms with Crippen molar-refractivity contribution in [1.29, 1.82) is 0 Å². The second kappa shape index (κ2) is 5.97. The maximum absolute atomic E-state index is 5.28. The molecule has 0 unspecified atom stereocenters. The van der Waals surface area contributed by atoms with Crippen molar-refractivity contribution < 1.29 is 0 Å². The minimum Gasteiger partial charge on any atom is -0.373 e. The Morgan fingerprint density at radius 1 is 1.22 bits per heavy atom. The van der Waals surface area contributed by atoms with E-state index >= 15 is 0 Å². The SMILES string of the molecule is CN(CCc1ccncc1)c1ccc(NN)nc1. The van der Waals surface area contributed by atoms with Gasteiger partial charge in [-0.15, -0.1) is 0 Å². The Morgan fingerprint density at radius 2 is 2.00 bits per heavy atom. The van der Waals surface area contributed by atoms with Gasteiger partial charge < -0.3 is 10.3 Å². The molecule has 0 aliphatic carbocycles. The van der Waals surface area contributed by atoms with Crippen LogP contribution in [0.4, 0.5) is 11.5 Å². The maximum atomic E-state index is 5.28. The Balaban J connectivity index is 1.93. The maximum Gasteiger partial charge on any atom is 0.140 e. The van der Waals surface area contributed by atoms with E-state index in [1.165, 1.54) is 5.56 Å². The van der Waals surface area contributed by atoms with Gasteiger partial charge in [0.1, 0.15) is 5.82 Å². The number of pyridine rings is 2. The van der Waals surface area contributed by atoms with Crippen LogP contribution in [0.15, 0.2) is 42.9 Å². The van der Waals surface area contributed by atoms with Crippen molar-refractivity contribution >= 4 is 11.5 Å². The number of nitrogens with zero attached hydrogens (tertiary/aromatic N) is 3. The minimum atomic E-state index is 0.668. The number of nitrogens with two attached hydrogens (primary N) is 1. The molecule has 0 saturated carbocycles. The molecule has 0 atom stereocenters. The lowest BCUT2D eigenvalue weighted by atomic mass is 10.2. The largest absolute Gasteiger partial charge is 0.373 e. The molecular weight excluding hydrogens is 226 g/mol. The molecule has 3 N–H and O–H groups in total. The fourth-order valence-electron chi connectivity index (χ4n) is 1.67.